The van der Waals surface area contributed by atoms with Gasteiger partial charge in [-0.3, -0.25) is 4.79 Å². The van der Waals surface area contributed by atoms with E-state index in [4.69, 9.17) is 9.84 Å². The lowest BCUT2D eigenvalue weighted by Gasteiger charge is -2.11. The van der Waals surface area contributed by atoms with Crippen LogP contribution in [0.1, 0.15) is 25.0 Å². The summed E-state index contributed by atoms with van der Waals surface area (Å²) in [5.41, 5.74) is 2.72. The third-order valence-electron chi connectivity index (χ3n) is 3.27. The van der Waals surface area contributed by atoms with E-state index < -0.39 is 0 Å². The van der Waals surface area contributed by atoms with Crippen molar-refractivity contribution in [3.8, 4) is 5.75 Å². The molecule has 0 heterocycles. The van der Waals surface area contributed by atoms with Gasteiger partial charge in [0.25, 0.3) is 0 Å². The first kappa shape index (κ1) is 17.0. The lowest BCUT2D eigenvalue weighted by Crippen LogP contribution is -2.14. The van der Waals surface area contributed by atoms with E-state index in [2.05, 4.69) is 5.32 Å². The molecule has 0 bridgehead atoms. The van der Waals surface area contributed by atoms with E-state index in [-0.39, 0.29) is 18.6 Å². The van der Waals surface area contributed by atoms with Crippen molar-refractivity contribution >= 4 is 11.6 Å². The summed E-state index contributed by atoms with van der Waals surface area (Å²) < 4.78 is 5.64. The molecule has 0 fully saturated rings. The van der Waals surface area contributed by atoms with Crippen LogP contribution in [0, 0.1) is 0 Å². The summed E-state index contributed by atoms with van der Waals surface area (Å²) in [6.45, 7) is 4.07. The summed E-state index contributed by atoms with van der Waals surface area (Å²) in [4.78, 5) is 12.1. The van der Waals surface area contributed by atoms with E-state index in [1.807, 2.05) is 62.4 Å². The van der Waals surface area contributed by atoms with Crippen molar-refractivity contribution in [2.75, 3.05) is 11.9 Å². The van der Waals surface area contributed by atoms with E-state index in [1.54, 1.807) is 0 Å². The van der Waals surface area contributed by atoms with Crippen LogP contribution in [0.3, 0.4) is 0 Å². The van der Waals surface area contributed by atoms with Crippen LogP contribution in [0.5, 0.6) is 5.75 Å². The number of carbonyl (C=O) groups excluding carboxylic acids is 1. The Labute approximate surface area is 137 Å². The molecule has 0 saturated heterocycles. The molecule has 2 aromatic rings. The zero-order chi connectivity index (χ0) is 16.7. The van der Waals surface area contributed by atoms with Crippen molar-refractivity contribution in [2.24, 2.45) is 0 Å². The highest BCUT2D eigenvalue weighted by molar-refractivity contribution is 5.92. The number of anilines is 1. The minimum atomic E-state index is -0.0680. The van der Waals surface area contributed by atoms with Crippen molar-refractivity contribution in [3.63, 3.8) is 0 Å². The predicted octanol–water partition coefficient (Wildman–Crippen LogP) is 3.19. The molecule has 0 aliphatic heterocycles. The van der Waals surface area contributed by atoms with Gasteiger partial charge in [-0.25, -0.2) is 0 Å². The SMILES string of the molecule is CC(C)Oc1cccc(CC(=O)Nc2ccc(CCO)cc2)c1. The van der Waals surface area contributed by atoms with Crippen LogP contribution in [0.4, 0.5) is 5.69 Å². The maximum atomic E-state index is 12.1. The van der Waals surface area contributed by atoms with Crippen LogP contribution in [-0.4, -0.2) is 23.7 Å². The van der Waals surface area contributed by atoms with Crippen LogP contribution < -0.4 is 10.1 Å². The van der Waals surface area contributed by atoms with Crippen LogP contribution in [0.25, 0.3) is 0 Å². The third kappa shape index (κ3) is 5.75. The average Bonchev–Trinajstić information content (AvgIpc) is 2.49. The molecule has 0 saturated carbocycles. The molecule has 4 nitrogen and oxygen atoms in total. The molecule has 0 unspecified atom stereocenters. The number of aliphatic hydroxyl groups is 1. The van der Waals surface area contributed by atoms with E-state index in [9.17, 15) is 4.79 Å². The standard InChI is InChI=1S/C19H23NO3/c1-14(2)23-18-5-3-4-16(12-18)13-19(22)20-17-8-6-15(7-9-17)10-11-21/h3-9,12,14,21H,10-11,13H2,1-2H3,(H,20,22). The molecule has 0 aromatic heterocycles. The molecule has 0 aliphatic carbocycles. The van der Waals surface area contributed by atoms with Gasteiger partial charge in [0.05, 0.1) is 12.5 Å². The summed E-state index contributed by atoms with van der Waals surface area (Å²) in [7, 11) is 0. The molecule has 0 aliphatic rings. The zero-order valence-corrected chi connectivity index (χ0v) is 13.6. The van der Waals surface area contributed by atoms with Crippen LogP contribution in [0.2, 0.25) is 0 Å². The molecule has 2 rings (SSSR count). The minimum Gasteiger partial charge on any atom is -0.491 e. The van der Waals surface area contributed by atoms with Crippen LogP contribution in [0.15, 0.2) is 48.5 Å². The Morgan fingerprint density at radius 2 is 1.87 bits per heavy atom. The van der Waals surface area contributed by atoms with Gasteiger partial charge in [-0.1, -0.05) is 24.3 Å². The Kier molecular flexibility index (Phi) is 6.18. The first-order chi connectivity index (χ1) is 11.1. The lowest BCUT2D eigenvalue weighted by atomic mass is 10.1. The highest BCUT2D eigenvalue weighted by Gasteiger charge is 2.06. The van der Waals surface area contributed by atoms with Crippen molar-refractivity contribution in [1.29, 1.82) is 0 Å². The normalized spacial score (nSPS) is 10.6. The predicted molar refractivity (Wildman–Crippen MR) is 91.8 cm³/mol. The second kappa shape index (κ2) is 8.34. The minimum absolute atomic E-state index is 0.0680. The third-order valence-corrected chi connectivity index (χ3v) is 3.27. The smallest absolute Gasteiger partial charge is 0.228 e. The molecule has 23 heavy (non-hydrogen) atoms. The van der Waals surface area contributed by atoms with Gasteiger partial charge >= 0.3 is 0 Å². The summed E-state index contributed by atoms with van der Waals surface area (Å²) in [6.07, 6.45) is 1.03. The summed E-state index contributed by atoms with van der Waals surface area (Å²) in [5.74, 6) is 0.709. The molecule has 1 amide bonds. The molecule has 0 atom stereocenters. The molecule has 4 heteroatoms. The summed E-state index contributed by atoms with van der Waals surface area (Å²) in [5, 5.41) is 11.8. The summed E-state index contributed by atoms with van der Waals surface area (Å²) in [6, 6.07) is 15.1. The second-order valence-electron chi connectivity index (χ2n) is 5.71. The molecular weight excluding hydrogens is 290 g/mol. The number of ether oxygens (including phenoxy) is 1. The first-order valence-corrected chi connectivity index (χ1v) is 7.82. The number of benzene rings is 2. The van der Waals surface area contributed by atoms with Crippen molar-refractivity contribution in [3.05, 3.63) is 59.7 Å². The Hall–Kier alpha value is -2.33. The number of nitrogens with one attached hydrogen (secondary N) is 1. The average molecular weight is 313 g/mol. The molecule has 2 N–H and O–H groups in total. The molecule has 0 radical (unpaired) electrons. The molecule has 2 aromatic carbocycles. The highest BCUT2D eigenvalue weighted by Crippen LogP contribution is 2.16. The molecular formula is C19H23NO3. The fraction of sp³-hybridized carbons (Fsp3) is 0.316. The maximum Gasteiger partial charge on any atom is 0.228 e. The van der Waals surface area contributed by atoms with Gasteiger partial charge < -0.3 is 15.2 Å². The van der Waals surface area contributed by atoms with Gasteiger partial charge in [-0.2, -0.15) is 0 Å². The number of amides is 1. The number of rotatable bonds is 7. The first-order valence-electron chi connectivity index (χ1n) is 7.82. The Balaban J connectivity index is 1.93. The van der Waals surface area contributed by atoms with E-state index in [0.29, 0.717) is 12.8 Å². The van der Waals surface area contributed by atoms with E-state index in [1.165, 1.54) is 0 Å². The van der Waals surface area contributed by atoms with Gasteiger partial charge in [0, 0.05) is 12.3 Å². The largest absolute Gasteiger partial charge is 0.491 e. The fourth-order valence-electron chi connectivity index (χ4n) is 2.28. The number of carbonyl (C=O) groups is 1. The maximum absolute atomic E-state index is 12.1. The van der Waals surface area contributed by atoms with Crippen molar-refractivity contribution in [2.45, 2.75) is 32.8 Å². The molecule has 0 spiro atoms. The Bertz CT molecular complexity index is 635. The topological polar surface area (TPSA) is 58.6 Å². The van der Waals surface area contributed by atoms with Crippen molar-refractivity contribution < 1.29 is 14.6 Å². The summed E-state index contributed by atoms with van der Waals surface area (Å²) >= 11 is 0. The van der Waals surface area contributed by atoms with Gasteiger partial charge in [-0.05, 0) is 55.7 Å². The Morgan fingerprint density at radius 1 is 1.13 bits per heavy atom. The van der Waals surface area contributed by atoms with Gasteiger partial charge in [0.2, 0.25) is 5.91 Å². The van der Waals surface area contributed by atoms with Crippen LogP contribution >= 0.6 is 0 Å². The van der Waals surface area contributed by atoms with Crippen LogP contribution in [-0.2, 0) is 17.6 Å². The van der Waals surface area contributed by atoms with Gasteiger partial charge in [0.15, 0.2) is 0 Å². The number of hydrogen-bond donors (Lipinski definition) is 2. The number of hydrogen-bond acceptors (Lipinski definition) is 3. The number of aliphatic hydroxyl groups excluding tert-OH is 1. The van der Waals surface area contributed by atoms with E-state index in [0.717, 1.165) is 22.6 Å². The second-order valence-corrected chi connectivity index (χ2v) is 5.71. The zero-order valence-electron chi connectivity index (χ0n) is 13.6. The monoisotopic (exact) mass is 313 g/mol. The highest BCUT2D eigenvalue weighted by atomic mass is 16.5. The lowest BCUT2D eigenvalue weighted by molar-refractivity contribution is -0.115. The quantitative estimate of drug-likeness (QED) is 0.825. The molecule has 122 valence electrons. The Morgan fingerprint density at radius 3 is 2.52 bits per heavy atom. The van der Waals surface area contributed by atoms with Gasteiger partial charge in [-0.15, -0.1) is 0 Å². The van der Waals surface area contributed by atoms with Crippen molar-refractivity contribution in [1.82, 2.24) is 0 Å². The van der Waals surface area contributed by atoms with Gasteiger partial charge in [0.1, 0.15) is 5.75 Å². The van der Waals surface area contributed by atoms with E-state index >= 15 is 0 Å². The fourth-order valence-corrected chi connectivity index (χ4v) is 2.28.